The van der Waals surface area contributed by atoms with E-state index >= 15 is 0 Å². The number of rotatable bonds is 2. The molecule has 0 aliphatic heterocycles. The summed E-state index contributed by atoms with van der Waals surface area (Å²) in [7, 11) is 0. The van der Waals surface area contributed by atoms with Crippen molar-refractivity contribution in [2.75, 3.05) is 13.2 Å². The van der Waals surface area contributed by atoms with Crippen molar-refractivity contribution in [2.45, 2.75) is 105 Å². The van der Waals surface area contributed by atoms with Crippen LogP contribution in [0.4, 0.5) is 0 Å². The zero-order valence-corrected chi connectivity index (χ0v) is 22.6. The summed E-state index contributed by atoms with van der Waals surface area (Å²) < 4.78 is 0. The lowest BCUT2D eigenvalue weighted by molar-refractivity contribution is -0.212. The summed E-state index contributed by atoms with van der Waals surface area (Å²) in [6, 6.07) is 0. The maximum Gasteiger partial charge on any atom is 0.0648 e. The van der Waals surface area contributed by atoms with Gasteiger partial charge in [-0.1, -0.05) is 59.3 Å². The van der Waals surface area contributed by atoms with Crippen LogP contribution in [0.2, 0.25) is 0 Å². The fraction of sp³-hybridized carbons (Fsp3) is 0.867. The van der Waals surface area contributed by atoms with Crippen LogP contribution in [0.25, 0.3) is 0 Å². The lowest BCUT2D eigenvalue weighted by atomic mass is 9.34. The molecule has 5 aliphatic rings. The van der Waals surface area contributed by atoms with Crippen LogP contribution in [0.3, 0.4) is 0 Å². The minimum atomic E-state index is -0.590. The fourth-order valence-electron chi connectivity index (χ4n) is 10.2. The van der Waals surface area contributed by atoms with E-state index in [1.54, 1.807) is 0 Å². The highest BCUT2D eigenvalue weighted by atomic mass is 16.3. The number of allylic oxidation sites excluding steroid dienone is 2. The zero-order chi connectivity index (χ0) is 25.8. The molecule has 198 valence electrons. The Hall–Kier alpha value is -0.720. The monoisotopic (exact) mass is 488 g/mol. The van der Waals surface area contributed by atoms with Crippen molar-refractivity contribution in [3.63, 3.8) is 0 Å². The van der Waals surface area contributed by atoms with Gasteiger partial charge >= 0.3 is 0 Å². The van der Waals surface area contributed by atoms with Gasteiger partial charge in [-0.2, -0.15) is 0 Å². The summed E-state index contributed by atoms with van der Waals surface area (Å²) in [6.07, 6.45) is 8.26. The second-order valence-electron chi connectivity index (χ2n) is 14.7. The van der Waals surface area contributed by atoms with Gasteiger partial charge in [0.2, 0.25) is 0 Å². The highest BCUT2D eigenvalue weighted by Crippen LogP contribution is 2.74. The average Bonchev–Trinajstić information content (AvgIpc) is 2.80. The first-order valence-corrected chi connectivity index (χ1v) is 13.8. The highest BCUT2D eigenvalue weighted by Gasteiger charge is 2.69. The Morgan fingerprint density at radius 2 is 1.51 bits per heavy atom. The van der Waals surface area contributed by atoms with Gasteiger partial charge < -0.3 is 25.5 Å². The molecule has 0 amide bonds. The normalized spacial score (nSPS) is 57.7. The summed E-state index contributed by atoms with van der Waals surface area (Å²) in [4.78, 5) is 0. The summed E-state index contributed by atoms with van der Waals surface area (Å²) in [5, 5.41) is 54.8. The Balaban J connectivity index is 1.69. The molecule has 3 saturated carbocycles. The highest BCUT2D eigenvalue weighted by molar-refractivity contribution is 5.47. The van der Waals surface area contributed by atoms with E-state index in [0.717, 1.165) is 25.7 Å². The summed E-state index contributed by atoms with van der Waals surface area (Å²) in [5.74, 6) is 0.433. The number of fused-ring (bicyclic) bond motifs is 6. The largest absolute Gasteiger partial charge is 0.396 e. The smallest absolute Gasteiger partial charge is 0.0648 e. The molecule has 0 radical (unpaired) electrons. The Morgan fingerprint density at radius 1 is 0.829 bits per heavy atom. The van der Waals surface area contributed by atoms with E-state index in [0.29, 0.717) is 19.3 Å². The molecule has 3 fully saturated rings. The van der Waals surface area contributed by atoms with Crippen molar-refractivity contribution in [2.24, 2.45) is 44.3 Å². The van der Waals surface area contributed by atoms with E-state index in [1.165, 1.54) is 11.1 Å². The number of aliphatic hydroxyl groups excluding tert-OH is 5. The van der Waals surface area contributed by atoms with Crippen molar-refractivity contribution >= 4 is 0 Å². The molecule has 0 aromatic carbocycles. The Morgan fingerprint density at radius 3 is 2.14 bits per heavy atom. The van der Waals surface area contributed by atoms with Crippen molar-refractivity contribution in [3.8, 4) is 0 Å². The van der Waals surface area contributed by atoms with Crippen LogP contribution in [0.5, 0.6) is 0 Å². The van der Waals surface area contributed by atoms with Crippen LogP contribution in [0, 0.1) is 44.3 Å². The lowest BCUT2D eigenvalue weighted by Crippen LogP contribution is -2.67. The average molecular weight is 489 g/mol. The number of aliphatic hydroxyl groups is 5. The van der Waals surface area contributed by atoms with Crippen molar-refractivity contribution < 1.29 is 25.5 Å². The summed E-state index contributed by atoms with van der Waals surface area (Å²) in [5.41, 5.74) is 0.320. The molecule has 5 nitrogen and oxygen atoms in total. The fourth-order valence-corrected chi connectivity index (χ4v) is 10.2. The first-order valence-electron chi connectivity index (χ1n) is 13.8. The number of hydrogen-bond acceptors (Lipinski definition) is 5. The molecule has 5 N–H and O–H groups in total. The van der Waals surface area contributed by atoms with E-state index in [4.69, 9.17) is 0 Å². The molecule has 5 rings (SSSR count). The molecule has 0 aromatic rings. The molecular weight excluding hydrogens is 440 g/mol. The second kappa shape index (κ2) is 7.66. The van der Waals surface area contributed by atoms with Crippen LogP contribution < -0.4 is 0 Å². The van der Waals surface area contributed by atoms with Crippen LogP contribution in [-0.2, 0) is 0 Å². The van der Waals surface area contributed by atoms with Gasteiger partial charge in [-0.25, -0.2) is 0 Å². The van der Waals surface area contributed by atoms with E-state index in [-0.39, 0.29) is 41.3 Å². The maximum absolute atomic E-state index is 11.9. The molecule has 4 unspecified atom stereocenters. The summed E-state index contributed by atoms with van der Waals surface area (Å²) >= 11 is 0. The third-order valence-corrected chi connectivity index (χ3v) is 12.9. The van der Waals surface area contributed by atoms with Crippen molar-refractivity contribution in [1.82, 2.24) is 0 Å². The second-order valence-corrected chi connectivity index (χ2v) is 14.7. The van der Waals surface area contributed by atoms with Gasteiger partial charge in [0.15, 0.2) is 0 Å². The molecule has 0 aromatic heterocycles. The first kappa shape index (κ1) is 25.9. The molecular formula is C30H48O5. The van der Waals surface area contributed by atoms with Gasteiger partial charge in [-0.3, -0.25) is 0 Å². The Kier molecular flexibility index (Phi) is 5.67. The predicted octanol–water partition coefficient (Wildman–Crippen LogP) is 3.98. The van der Waals surface area contributed by atoms with Crippen LogP contribution in [0.15, 0.2) is 23.3 Å². The van der Waals surface area contributed by atoms with Gasteiger partial charge in [0.25, 0.3) is 0 Å². The standard InChI is InChI=1S/C30H48O5/c1-25(16-31)13-19-18-7-8-21-26(2)11-10-22(33)28(4,17-32)20(26)9-12-29(21,5)30(18,6)24(35)15-27(19,3)23(34)14-25/h7-8,20-24,31-35H,9-17H2,1-6H3/t20?,21?,22?,23?,24-,25+,26-,27+,28+,29+,30-/m0/s1. The van der Waals surface area contributed by atoms with Gasteiger partial charge in [-0.15, -0.1) is 0 Å². The van der Waals surface area contributed by atoms with Gasteiger partial charge in [0.05, 0.1) is 24.9 Å². The van der Waals surface area contributed by atoms with Crippen LogP contribution in [-0.4, -0.2) is 57.1 Å². The predicted molar refractivity (Wildman–Crippen MR) is 136 cm³/mol. The van der Waals surface area contributed by atoms with Crippen molar-refractivity contribution in [1.29, 1.82) is 0 Å². The van der Waals surface area contributed by atoms with Gasteiger partial charge in [0.1, 0.15) is 0 Å². The van der Waals surface area contributed by atoms with Gasteiger partial charge in [0, 0.05) is 22.9 Å². The molecule has 11 atom stereocenters. The Bertz CT molecular complexity index is 958. The molecule has 35 heavy (non-hydrogen) atoms. The third kappa shape index (κ3) is 2.99. The SMILES string of the molecule is C[C@@]1(CO)CC2=C3C=CC4[C@@]5(C)CCC(O)[C@](C)(CO)C5CC[C@@]4(C)[C@]3(C)[C@@H](O)C[C@@]2(C)C(O)C1. The van der Waals surface area contributed by atoms with E-state index in [2.05, 4.69) is 53.7 Å². The molecule has 5 heteroatoms. The molecule has 0 bridgehead atoms. The maximum atomic E-state index is 11.9. The lowest BCUT2D eigenvalue weighted by Gasteiger charge is -2.70. The first-order chi connectivity index (χ1) is 16.2. The number of hydrogen-bond donors (Lipinski definition) is 5. The van der Waals surface area contributed by atoms with Gasteiger partial charge in [-0.05, 0) is 78.6 Å². The van der Waals surface area contributed by atoms with E-state index < -0.39 is 34.6 Å². The summed E-state index contributed by atoms with van der Waals surface area (Å²) in [6.45, 7) is 13.2. The molecule has 0 saturated heterocycles. The molecule has 5 aliphatic carbocycles. The van der Waals surface area contributed by atoms with Crippen LogP contribution in [0.1, 0.15) is 86.5 Å². The minimum Gasteiger partial charge on any atom is -0.396 e. The van der Waals surface area contributed by atoms with E-state index in [1.807, 2.05) is 0 Å². The quantitative estimate of drug-likeness (QED) is 0.405. The molecule has 0 spiro atoms. The minimum absolute atomic E-state index is 0.00719. The topological polar surface area (TPSA) is 101 Å². The zero-order valence-electron chi connectivity index (χ0n) is 22.6. The molecule has 0 heterocycles. The van der Waals surface area contributed by atoms with E-state index in [9.17, 15) is 25.5 Å². The third-order valence-electron chi connectivity index (χ3n) is 12.9. The van der Waals surface area contributed by atoms with Crippen molar-refractivity contribution in [3.05, 3.63) is 23.3 Å². The van der Waals surface area contributed by atoms with Crippen LogP contribution >= 0.6 is 0 Å². The Labute approximate surface area is 211 Å².